The molecule has 84 valence electrons. The average Bonchev–Trinajstić information content (AvgIpc) is 2.71. The summed E-state index contributed by atoms with van der Waals surface area (Å²) in [4.78, 5) is 4.22. The van der Waals surface area contributed by atoms with Crippen LogP contribution in [0.25, 0.3) is 11.3 Å². The van der Waals surface area contributed by atoms with Gasteiger partial charge in [0.15, 0.2) is 0 Å². The molecule has 0 bridgehead atoms. The van der Waals surface area contributed by atoms with Crippen molar-refractivity contribution in [3.8, 4) is 11.3 Å². The summed E-state index contributed by atoms with van der Waals surface area (Å²) in [6, 6.07) is 3.37. The Bertz CT molecular complexity index is 496. The Labute approximate surface area is 96.0 Å². The van der Waals surface area contributed by atoms with Gasteiger partial charge in [0.05, 0.1) is 5.69 Å². The Kier molecular flexibility index (Phi) is 3.26. The molecule has 1 aromatic carbocycles. The molecule has 0 atom stereocenters. The number of rotatable bonds is 3. The highest BCUT2D eigenvalue weighted by molar-refractivity contribution is 7.09. The fourth-order valence-electron chi connectivity index (χ4n) is 1.36. The molecule has 0 saturated heterocycles. The predicted octanol–water partition coefficient (Wildman–Crippen LogP) is 2.81. The van der Waals surface area contributed by atoms with Gasteiger partial charge in [-0.2, -0.15) is 0 Å². The molecule has 2 rings (SSSR count). The first-order valence-corrected chi connectivity index (χ1v) is 5.63. The van der Waals surface area contributed by atoms with E-state index < -0.39 is 11.6 Å². The third-order valence-corrected chi connectivity index (χ3v) is 2.93. The highest BCUT2D eigenvalue weighted by atomic mass is 32.1. The average molecular weight is 240 g/mol. The number of nitrogens with one attached hydrogen (secondary N) is 1. The maximum Gasteiger partial charge on any atom is 0.132 e. The van der Waals surface area contributed by atoms with Gasteiger partial charge in [0.2, 0.25) is 0 Å². The minimum absolute atomic E-state index is 0.207. The van der Waals surface area contributed by atoms with Crippen molar-refractivity contribution in [1.29, 1.82) is 0 Å². The van der Waals surface area contributed by atoms with E-state index in [1.807, 2.05) is 7.05 Å². The first-order valence-electron chi connectivity index (χ1n) is 4.75. The summed E-state index contributed by atoms with van der Waals surface area (Å²) in [5.74, 6) is -0.915. The van der Waals surface area contributed by atoms with Gasteiger partial charge < -0.3 is 5.32 Å². The normalized spacial score (nSPS) is 10.7. The standard InChI is InChI=1S/C11H10F2N2S/c1-14-5-11-15-10(6-16-11)8-4-7(12)2-3-9(8)13/h2-4,6,14H,5H2,1H3. The first-order chi connectivity index (χ1) is 7.70. The Hall–Kier alpha value is -1.33. The van der Waals surface area contributed by atoms with Gasteiger partial charge in [-0.3, -0.25) is 0 Å². The lowest BCUT2D eigenvalue weighted by Gasteiger charge is -1.99. The summed E-state index contributed by atoms with van der Waals surface area (Å²) in [6.45, 7) is 0.627. The smallest absolute Gasteiger partial charge is 0.132 e. The van der Waals surface area contributed by atoms with Crippen LogP contribution in [0.3, 0.4) is 0 Å². The summed E-state index contributed by atoms with van der Waals surface area (Å²) in [7, 11) is 1.81. The summed E-state index contributed by atoms with van der Waals surface area (Å²) in [5.41, 5.74) is 0.686. The van der Waals surface area contributed by atoms with Gasteiger partial charge in [0.1, 0.15) is 16.6 Å². The minimum Gasteiger partial charge on any atom is -0.314 e. The topological polar surface area (TPSA) is 24.9 Å². The molecule has 2 aromatic rings. The second kappa shape index (κ2) is 4.67. The van der Waals surface area contributed by atoms with Crippen molar-refractivity contribution in [1.82, 2.24) is 10.3 Å². The molecule has 1 aromatic heterocycles. The van der Waals surface area contributed by atoms with E-state index in [0.29, 0.717) is 12.2 Å². The highest BCUT2D eigenvalue weighted by Gasteiger charge is 2.10. The Morgan fingerprint density at radius 2 is 2.19 bits per heavy atom. The van der Waals surface area contributed by atoms with Crippen molar-refractivity contribution < 1.29 is 8.78 Å². The minimum atomic E-state index is -0.459. The van der Waals surface area contributed by atoms with Crippen LogP contribution in [0.1, 0.15) is 5.01 Å². The zero-order chi connectivity index (χ0) is 11.5. The third kappa shape index (κ3) is 2.25. The lowest BCUT2D eigenvalue weighted by atomic mass is 10.1. The fraction of sp³-hybridized carbons (Fsp3) is 0.182. The van der Waals surface area contributed by atoms with Crippen LogP contribution >= 0.6 is 11.3 Å². The van der Waals surface area contributed by atoms with Crippen molar-refractivity contribution >= 4 is 11.3 Å². The van der Waals surface area contributed by atoms with E-state index in [0.717, 1.165) is 23.2 Å². The second-order valence-corrected chi connectivity index (χ2v) is 4.22. The quantitative estimate of drug-likeness (QED) is 0.892. The number of thiazole rings is 1. The van der Waals surface area contributed by atoms with Crippen molar-refractivity contribution in [2.75, 3.05) is 7.05 Å². The molecule has 0 radical (unpaired) electrons. The SMILES string of the molecule is CNCc1nc(-c2cc(F)ccc2F)cs1. The third-order valence-electron chi connectivity index (χ3n) is 2.08. The van der Waals surface area contributed by atoms with E-state index in [-0.39, 0.29) is 5.56 Å². The zero-order valence-corrected chi connectivity index (χ0v) is 9.44. The van der Waals surface area contributed by atoms with Gasteiger partial charge in [-0.1, -0.05) is 0 Å². The van der Waals surface area contributed by atoms with Crippen LogP contribution in [0.4, 0.5) is 8.78 Å². The maximum atomic E-state index is 13.4. The van der Waals surface area contributed by atoms with Crippen molar-refractivity contribution in [3.05, 3.63) is 40.2 Å². The summed E-state index contributed by atoms with van der Waals surface area (Å²) < 4.78 is 26.4. The van der Waals surface area contributed by atoms with Gasteiger partial charge in [0.25, 0.3) is 0 Å². The molecule has 5 heteroatoms. The van der Waals surface area contributed by atoms with Gasteiger partial charge in [-0.15, -0.1) is 11.3 Å². The van der Waals surface area contributed by atoms with Crippen LogP contribution < -0.4 is 5.32 Å². The van der Waals surface area contributed by atoms with Gasteiger partial charge in [-0.25, -0.2) is 13.8 Å². The molecule has 0 aliphatic rings. The second-order valence-electron chi connectivity index (χ2n) is 3.28. The molecular formula is C11H10F2N2S. The van der Waals surface area contributed by atoms with E-state index in [9.17, 15) is 8.78 Å². The number of benzene rings is 1. The van der Waals surface area contributed by atoms with E-state index in [4.69, 9.17) is 0 Å². The van der Waals surface area contributed by atoms with E-state index in [1.165, 1.54) is 11.3 Å². The first kappa shape index (κ1) is 11.2. The monoisotopic (exact) mass is 240 g/mol. The molecule has 0 amide bonds. The molecule has 1 heterocycles. The Morgan fingerprint density at radius 1 is 1.38 bits per heavy atom. The van der Waals surface area contributed by atoms with Crippen LogP contribution in [0, 0.1) is 11.6 Å². The largest absolute Gasteiger partial charge is 0.314 e. The molecule has 0 aliphatic heterocycles. The lowest BCUT2D eigenvalue weighted by Crippen LogP contribution is -2.04. The fourth-order valence-corrected chi connectivity index (χ4v) is 2.17. The number of aromatic nitrogens is 1. The van der Waals surface area contributed by atoms with Gasteiger partial charge in [0, 0.05) is 17.5 Å². The van der Waals surface area contributed by atoms with Gasteiger partial charge in [-0.05, 0) is 25.2 Å². The van der Waals surface area contributed by atoms with Crippen molar-refractivity contribution in [2.24, 2.45) is 0 Å². The number of hydrogen-bond donors (Lipinski definition) is 1. The van der Waals surface area contributed by atoms with E-state index in [1.54, 1.807) is 5.38 Å². The number of hydrogen-bond acceptors (Lipinski definition) is 3. The van der Waals surface area contributed by atoms with Crippen LogP contribution in [-0.4, -0.2) is 12.0 Å². The summed E-state index contributed by atoms with van der Waals surface area (Å²) >= 11 is 1.42. The van der Waals surface area contributed by atoms with E-state index >= 15 is 0 Å². The predicted molar refractivity (Wildman–Crippen MR) is 60.2 cm³/mol. The molecule has 1 N–H and O–H groups in total. The molecule has 0 saturated carbocycles. The van der Waals surface area contributed by atoms with Crippen molar-refractivity contribution in [3.63, 3.8) is 0 Å². The van der Waals surface area contributed by atoms with Crippen LogP contribution in [0.15, 0.2) is 23.6 Å². The molecule has 2 nitrogen and oxygen atoms in total. The highest BCUT2D eigenvalue weighted by Crippen LogP contribution is 2.25. The summed E-state index contributed by atoms with van der Waals surface area (Å²) in [5, 5.41) is 5.53. The molecule has 0 aliphatic carbocycles. The van der Waals surface area contributed by atoms with Gasteiger partial charge >= 0.3 is 0 Å². The van der Waals surface area contributed by atoms with Crippen LogP contribution in [0.5, 0.6) is 0 Å². The number of nitrogens with zero attached hydrogens (tertiary/aromatic N) is 1. The Balaban J connectivity index is 2.38. The zero-order valence-electron chi connectivity index (χ0n) is 8.63. The maximum absolute atomic E-state index is 13.4. The number of halogens is 2. The molecule has 0 fully saturated rings. The lowest BCUT2D eigenvalue weighted by molar-refractivity contribution is 0.602. The van der Waals surface area contributed by atoms with E-state index in [2.05, 4.69) is 10.3 Å². The molecular weight excluding hydrogens is 230 g/mol. The molecule has 16 heavy (non-hydrogen) atoms. The van der Waals surface area contributed by atoms with Crippen LogP contribution in [0.2, 0.25) is 0 Å². The molecule has 0 unspecified atom stereocenters. The Morgan fingerprint density at radius 3 is 2.94 bits per heavy atom. The van der Waals surface area contributed by atoms with Crippen LogP contribution in [-0.2, 0) is 6.54 Å². The summed E-state index contributed by atoms with van der Waals surface area (Å²) in [6.07, 6.45) is 0. The molecule has 0 spiro atoms. The van der Waals surface area contributed by atoms with Crippen molar-refractivity contribution in [2.45, 2.75) is 6.54 Å².